The molecule has 0 amide bonds. The number of aliphatic carboxylic acids is 1. The molecule has 1 aromatic carbocycles. The molecule has 0 saturated heterocycles. The summed E-state index contributed by atoms with van der Waals surface area (Å²) in [5, 5.41) is 8.99. The van der Waals surface area contributed by atoms with Crippen molar-refractivity contribution >= 4 is 5.97 Å². The number of benzene rings is 1. The number of hydrogen-bond donors (Lipinski definition) is 1. The molecule has 0 aliphatic rings. The number of rotatable bonds is 5. The van der Waals surface area contributed by atoms with Crippen LogP contribution in [0.3, 0.4) is 0 Å². The van der Waals surface area contributed by atoms with Gasteiger partial charge in [-0.1, -0.05) is 29.8 Å². The maximum absolute atomic E-state index is 11.9. The molecule has 0 aromatic heterocycles. The van der Waals surface area contributed by atoms with Crippen molar-refractivity contribution in [2.45, 2.75) is 19.0 Å². The quantitative estimate of drug-likeness (QED) is 0.887. The second-order valence-corrected chi connectivity index (χ2v) is 3.94. The van der Waals surface area contributed by atoms with Crippen LogP contribution in [-0.2, 0) is 9.53 Å². The van der Waals surface area contributed by atoms with Crippen molar-refractivity contribution in [2.75, 3.05) is 13.2 Å². The molecule has 1 atom stereocenters. The van der Waals surface area contributed by atoms with Crippen LogP contribution in [0.25, 0.3) is 0 Å². The van der Waals surface area contributed by atoms with Gasteiger partial charge in [-0.2, -0.15) is 13.2 Å². The third kappa shape index (κ3) is 4.75. The van der Waals surface area contributed by atoms with Crippen molar-refractivity contribution in [3.63, 3.8) is 0 Å². The highest BCUT2D eigenvalue weighted by Crippen LogP contribution is 2.20. The zero-order valence-corrected chi connectivity index (χ0v) is 9.70. The molecule has 18 heavy (non-hydrogen) atoms. The lowest BCUT2D eigenvalue weighted by Crippen LogP contribution is -2.23. The second-order valence-electron chi connectivity index (χ2n) is 3.94. The lowest BCUT2D eigenvalue weighted by atomic mass is 9.98. The van der Waals surface area contributed by atoms with E-state index in [2.05, 4.69) is 4.74 Å². The predicted octanol–water partition coefficient (Wildman–Crippen LogP) is 2.74. The van der Waals surface area contributed by atoms with E-state index in [1.54, 1.807) is 31.2 Å². The topological polar surface area (TPSA) is 46.5 Å². The Morgan fingerprint density at radius 2 is 2.11 bits per heavy atom. The first-order valence-electron chi connectivity index (χ1n) is 5.23. The Morgan fingerprint density at radius 3 is 2.61 bits per heavy atom. The van der Waals surface area contributed by atoms with Crippen LogP contribution in [0.1, 0.15) is 17.0 Å². The average Bonchev–Trinajstić information content (AvgIpc) is 2.22. The van der Waals surface area contributed by atoms with E-state index in [0.29, 0.717) is 5.56 Å². The first kappa shape index (κ1) is 14.5. The van der Waals surface area contributed by atoms with Gasteiger partial charge in [0.1, 0.15) is 12.5 Å². The highest BCUT2D eigenvalue weighted by atomic mass is 19.4. The van der Waals surface area contributed by atoms with Crippen molar-refractivity contribution in [3.05, 3.63) is 35.4 Å². The maximum atomic E-state index is 11.9. The molecule has 0 aliphatic carbocycles. The van der Waals surface area contributed by atoms with Crippen molar-refractivity contribution < 1.29 is 27.8 Å². The summed E-state index contributed by atoms with van der Waals surface area (Å²) in [4.78, 5) is 11.0. The number of ether oxygens (including phenoxy) is 1. The van der Waals surface area contributed by atoms with Gasteiger partial charge in [-0.3, -0.25) is 4.79 Å². The van der Waals surface area contributed by atoms with E-state index in [4.69, 9.17) is 5.11 Å². The molecular weight excluding hydrogens is 249 g/mol. The molecule has 0 saturated carbocycles. The Balaban J connectivity index is 2.69. The molecule has 1 N–H and O–H groups in total. The number of halogens is 3. The van der Waals surface area contributed by atoms with Crippen LogP contribution in [0.15, 0.2) is 24.3 Å². The van der Waals surface area contributed by atoms with Gasteiger partial charge < -0.3 is 9.84 Å². The zero-order chi connectivity index (χ0) is 13.8. The van der Waals surface area contributed by atoms with Gasteiger partial charge >= 0.3 is 12.1 Å². The van der Waals surface area contributed by atoms with E-state index in [-0.39, 0.29) is 0 Å². The SMILES string of the molecule is Cc1cccc(C(COCC(F)(F)F)C(=O)O)c1. The molecule has 1 aromatic rings. The monoisotopic (exact) mass is 262 g/mol. The molecule has 100 valence electrons. The van der Waals surface area contributed by atoms with E-state index in [9.17, 15) is 18.0 Å². The van der Waals surface area contributed by atoms with Crippen LogP contribution in [0.4, 0.5) is 13.2 Å². The van der Waals surface area contributed by atoms with Gasteiger partial charge in [0.05, 0.1) is 6.61 Å². The third-order valence-electron chi connectivity index (χ3n) is 2.29. The normalized spacial score (nSPS) is 13.3. The molecule has 0 fully saturated rings. The van der Waals surface area contributed by atoms with E-state index < -0.39 is 31.3 Å². The fourth-order valence-corrected chi connectivity index (χ4v) is 1.49. The highest BCUT2D eigenvalue weighted by molar-refractivity contribution is 5.76. The van der Waals surface area contributed by atoms with Gasteiger partial charge in [-0.15, -0.1) is 0 Å². The summed E-state index contributed by atoms with van der Waals surface area (Å²) in [6.07, 6.45) is -4.45. The van der Waals surface area contributed by atoms with E-state index in [0.717, 1.165) is 5.56 Å². The van der Waals surface area contributed by atoms with Gasteiger partial charge in [0.15, 0.2) is 0 Å². The predicted molar refractivity (Wildman–Crippen MR) is 58.4 cm³/mol. The van der Waals surface area contributed by atoms with Crippen LogP contribution in [0, 0.1) is 6.92 Å². The minimum Gasteiger partial charge on any atom is -0.481 e. The van der Waals surface area contributed by atoms with Gasteiger partial charge in [-0.25, -0.2) is 0 Å². The molecule has 0 aliphatic heterocycles. The van der Waals surface area contributed by atoms with Crippen molar-refractivity contribution in [1.29, 1.82) is 0 Å². The van der Waals surface area contributed by atoms with Crippen LogP contribution in [-0.4, -0.2) is 30.5 Å². The van der Waals surface area contributed by atoms with Crippen LogP contribution < -0.4 is 0 Å². The van der Waals surface area contributed by atoms with E-state index >= 15 is 0 Å². The molecule has 6 heteroatoms. The Morgan fingerprint density at radius 1 is 1.44 bits per heavy atom. The number of carboxylic acids is 1. The maximum Gasteiger partial charge on any atom is 0.411 e. The minimum absolute atomic E-state index is 0.435. The van der Waals surface area contributed by atoms with Crippen LogP contribution >= 0.6 is 0 Å². The smallest absolute Gasteiger partial charge is 0.411 e. The lowest BCUT2D eigenvalue weighted by Gasteiger charge is -2.14. The number of alkyl halides is 3. The average molecular weight is 262 g/mol. The zero-order valence-electron chi connectivity index (χ0n) is 9.70. The molecular formula is C12H13F3O3. The Kier molecular flexibility index (Phi) is 4.72. The number of carbonyl (C=O) groups is 1. The second kappa shape index (κ2) is 5.86. The Hall–Kier alpha value is -1.56. The molecule has 1 rings (SSSR count). The van der Waals surface area contributed by atoms with Gasteiger partial charge in [-0.05, 0) is 12.5 Å². The summed E-state index contributed by atoms with van der Waals surface area (Å²) >= 11 is 0. The molecule has 1 unspecified atom stereocenters. The van der Waals surface area contributed by atoms with Crippen molar-refractivity contribution in [3.8, 4) is 0 Å². The first-order chi connectivity index (χ1) is 8.29. The number of hydrogen-bond acceptors (Lipinski definition) is 2. The first-order valence-corrected chi connectivity index (χ1v) is 5.23. The Labute approximate surface area is 102 Å². The largest absolute Gasteiger partial charge is 0.481 e. The van der Waals surface area contributed by atoms with Crippen LogP contribution in [0.5, 0.6) is 0 Å². The summed E-state index contributed by atoms with van der Waals surface area (Å²) in [6, 6.07) is 6.61. The fourth-order valence-electron chi connectivity index (χ4n) is 1.49. The number of aryl methyl sites for hydroxylation is 1. The van der Waals surface area contributed by atoms with Gasteiger partial charge in [0, 0.05) is 0 Å². The number of carboxylic acid groups (broad SMARTS) is 1. The molecule has 3 nitrogen and oxygen atoms in total. The Bertz CT molecular complexity index is 415. The summed E-state index contributed by atoms with van der Waals surface area (Å²) in [6.45, 7) is -0.167. The van der Waals surface area contributed by atoms with Gasteiger partial charge in [0.25, 0.3) is 0 Å². The lowest BCUT2D eigenvalue weighted by molar-refractivity contribution is -0.177. The van der Waals surface area contributed by atoms with Crippen molar-refractivity contribution in [2.24, 2.45) is 0 Å². The summed E-state index contributed by atoms with van der Waals surface area (Å²) in [7, 11) is 0. The molecule has 0 heterocycles. The van der Waals surface area contributed by atoms with E-state index in [1.165, 1.54) is 0 Å². The molecule has 0 spiro atoms. The van der Waals surface area contributed by atoms with Gasteiger partial charge in [0.2, 0.25) is 0 Å². The van der Waals surface area contributed by atoms with Crippen LogP contribution in [0.2, 0.25) is 0 Å². The third-order valence-corrected chi connectivity index (χ3v) is 2.29. The minimum atomic E-state index is -4.45. The summed E-state index contributed by atoms with van der Waals surface area (Å²) in [5.41, 5.74) is 1.28. The molecule has 0 bridgehead atoms. The summed E-state index contributed by atoms with van der Waals surface area (Å²) in [5.74, 6) is -2.30. The fraction of sp³-hybridized carbons (Fsp3) is 0.417. The van der Waals surface area contributed by atoms with E-state index in [1.807, 2.05) is 0 Å². The standard InChI is InChI=1S/C12H13F3O3/c1-8-3-2-4-9(5-8)10(11(16)17)6-18-7-12(13,14)15/h2-5,10H,6-7H2,1H3,(H,16,17). The molecule has 0 radical (unpaired) electrons. The highest BCUT2D eigenvalue weighted by Gasteiger charge is 2.29. The van der Waals surface area contributed by atoms with Crippen molar-refractivity contribution in [1.82, 2.24) is 0 Å². The summed E-state index contributed by atoms with van der Waals surface area (Å²) < 4.78 is 40.1.